The average Bonchev–Trinajstić information content (AvgIpc) is 2.53. The number of fused-ring (bicyclic) bond motifs is 1. The minimum absolute atomic E-state index is 0. The first-order valence-electron chi connectivity index (χ1n) is 7.25. The number of rotatable bonds is 7. The highest BCUT2D eigenvalue weighted by Crippen LogP contribution is 2.29. The van der Waals surface area contributed by atoms with Crippen LogP contribution in [0, 0.1) is 0 Å². The zero-order valence-corrected chi connectivity index (χ0v) is 13.8. The lowest BCUT2D eigenvalue weighted by atomic mass is 10.1. The van der Waals surface area contributed by atoms with E-state index in [1.807, 2.05) is 24.3 Å². The molecule has 0 radical (unpaired) electrons. The summed E-state index contributed by atoms with van der Waals surface area (Å²) < 4.78 is 10.8. The van der Waals surface area contributed by atoms with Crippen molar-refractivity contribution in [3.8, 4) is 11.5 Å². The SMILES string of the molecule is CCCNCCNC(=O)C1=Cc2cc(OC)ccc2OC1.Cl. The lowest BCUT2D eigenvalue weighted by molar-refractivity contribution is -0.117. The predicted octanol–water partition coefficient (Wildman–Crippen LogP) is 2.01. The summed E-state index contributed by atoms with van der Waals surface area (Å²) in [4.78, 5) is 12.1. The average molecular weight is 327 g/mol. The molecule has 0 aliphatic carbocycles. The van der Waals surface area contributed by atoms with E-state index >= 15 is 0 Å². The molecule has 0 atom stereocenters. The molecule has 0 spiro atoms. The van der Waals surface area contributed by atoms with Crippen LogP contribution < -0.4 is 20.1 Å². The fourth-order valence-corrected chi connectivity index (χ4v) is 2.09. The summed E-state index contributed by atoms with van der Waals surface area (Å²) in [5, 5.41) is 6.13. The van der Waals surface area contributed by atoms with Crippen molar-refractivity contribution in [1.82, 2.24) is 10.6 Å². The number of carbonyl (C=O) groups is 1. The van der Waals surface area contributed by atoms with Gasteiger partial charge in [0.15, 0.2) is 0 Å². The van der Waals surface area contributed by atoms with Gasteiger partial charge in [0.05, 0.1) is 12.7 Å². The van der Waals surface area contributed by atoms with Gasteiger partial charge in [-0.1, -0.05) is 6.92 Å². The van der Waals surface area contributed by atoms with E-state index < -0.39 is 0 Å². The van der Waals surface area contributed by atoms with E-state index in [2.05, 4.69) is 17.6 Å². The van der Waals surface area contributed by atoms with Crippen LogP contribution >= 0.6 is 12.4 Å². The van der Waals surface area contributed by atoms with Crippen LogP contribution in [0.5, 0.6) is 11.5 Å². The third-order valence-corrected chi connectivity index (χ3v) is 3.24. The molecular formula is C16H23ClN2O3. The minimum Gasteiger partial charge on any atom is -0.497 e. The molecule has 0 bridgehead atoms. The molecule has 1 aliphatic rings. The maximum Gasteiger partial charge on any atom is 0.250 e. The van der Waals surface area contributed by atoms with E-state index in [1.54, 1.807) is 7.11 Å². The molecule has 1 aliphatic heterocycles. The first-order valence-corrected chi connectivity index (χ1v) is 7.25. The summed E-state index contributed by atoms with van der Waals surface area (Å²) in [6, 6.07) is 5.57. The van der Waals surface area contributed by atoms with Gasteiger partial charge in [-0.2, -0.15) is 0 Å². The highest BCUT2D eigenvalue weighted by Gasteiger charge is 2.17. The number of amides is 1. The van der Waals surface area contributed by atoms with E-state index in [0.717, 1.165) is 36.6 Å². The van der Waals surface area contributed by atoms with Crippen LogP contribution in [0.1, 0.15) is 18.9 Å². The molecule has 2 rings (SSSR count). The Balaban J connectivity index is 0.00000242. The van der Waals surface area contributed by atoms with Crippen LogP contribution in [0.15, 0.2) is 23.8 Å². The first-order chi connectivity index (χ1) is 10.2. The van der Waals surface area contributed by atoms with E-state index in [4.69, 9.17) is 9.47 Å². The Hall–Kier alpha value is -1.72. The fraction of sp³-hybridized carbons (Fsp3) is 0.438. The largest absolute Gasteiger partial charge is 0.497 e. The Kier molecular flexibility index (Phi) is 7.77. The van der Waals surface area contributed by atoms with Crippen LogP contribution in [0.3, 0.4) is 0 Å². The number of nitrogens with one attached hydrogen (secondary N) is 2. The summed E-state index contributed by atoms with van der Waals surface area (Å²) in [7, 11) is 1.62. The van der Waals surface area contributed by atoms with Crippen LogP contribution in [-0.2, 0) is 4.79 Å². The lowest BCUT2D eigenvalue weighted by Gasteiger charge is -2.18. The molecule has 5 nitrogen and oxygen atoms in total. The van der Waals surface area contributed by atoms with Gasteiger partial charge in [-0.25, -0.2) is 0 Å². The van der Waals surface area contributed by atoms with Crippen molar-refractivity contribution in [1.29, 1.82) is 0 Å². The van der Waals surface area contributed by atoms with Crippen molar-refractivity contribution in [2.24, 2.45) is 0 Å². The van der Waals surface area contributed by atoms with Crippen LogP contribution in [0.2, 0.25) is 0 Å². The maximum absolute atomic E-state index is 12.1. The molecule has 1 aromatic carbocycles. The van der Waals surface area contributed by atoms with Crippen molar-refractivity contribution in [3.63, 3.8) is 0 Å². The summed E-state index contributed by atoms with van der Waals surface area (Å²) in [6.07, 6.45) is 2.95. The third kappa shape index (κ3) is 4.93. The fourth-order valence-electron chi connectivity index (χ4n) is 2.09. The summed E-state index contributed by atoms with van der Waals surface area (Å²) in [6.45, 7) is 4.77. The maximum atomic E-state index is 12.1. The van der Waals surface area contributed by atoms with Crippen LogP contribution in [-0.4, -0.2) is 39.3 Å². The van der Waals surface area contributed by atoms with Gasteiger partial charge in [-0.05, 0) is 37.2 Å². The molecule has 22 heavy (non-hydrogen) atoms. The number of halogens is 1. The number of hydrogen-bond donors (Lipinski definition) is 2. The molecule has 0 unspecified atom stereocenters. The van der Waals surface area contributed by atoms with Crippen molar-refractivity contribution in [2.75, 3.05) is 33.4 Å². The Morgan fingerprint density at radius 2 is 2.14 bits per heavy atom. The monoisotopic (exact) mass is 326 g/mol. The second-order valence-corrected chi connectivity index (χ2v) is 4.87. The molecule has 122 valence electrons. The molecule has 0 saturated heterocycles. The van der Waals surface area contributed by atoms with Crippen molar-refractivity contribution in [2.45, 2.75) is 13.3 Å². The van der Waals surface area contributed by atoms with Gasteiger partial charge in [0.25, 0.3) is 5.91 Å². The smallest absolute Gasteiger partial charge is 0.250 e. The van der Waals surface area contributed by atoms with E-state index in [-0.39, 0.29) is 18.3 Å². The number of methoxy groups -OCH3 is 1. The quantitative estimate of drug-likeness (QED) is 0.753. The summed E-state index contributed by atoms with van der Waals surface area (Å²) in [5.74, 6) is 1.44. The van der Waals surface area contributed by atoms with Gasteiger partial charge in [0.1, 0.15) is 18.1 Å². The molecule has 2 N–H and O–H groups in total. The second-order valence-electron chi connectivity index (χ2n) is 4.87. The topological polar surface area (TPSA) is 59.6 Å². The Morgan fingerprint density at radius 1 is 1.32 bits per heavy atom. The molecule has 0 saturated carbocycles. The zero-order valence-electron chi connectivity index (χ0n) is 13.0. The van der Waals surface area contributed by atoms with Crippen LogP contribution in [0.4, 0.5) is 0 Å². The molecule has 6 heteroatoms. The van der Waals surface area contributed by atoms with Crippen LogP contribution in [0.25, 0.3) is 6.08 Å². The van der Waals surface area contributed by atoms with Gasteiger partial charge >= 0.3 is 0 Å². The number of carbonyl (C=O) groups excluding carboxylic acids is 1. The highest BCUT2D eigenvalue weighted by molar-refractivity contribution is 5.99. The Labute approximate surface area is 137 Å². The predicted molar refractivity (Wildman–Crippen MR) is 89.9 cm³/mol. The normalized spacial score (nSPS) is 12.4. The minimum atomic E-state index is -0.0817. The van der Waals surface area contributed by atoms with Gasteiger partial charge in [0, 0.05) is 18.7 Å². The highest BCUT2D eigenvalue weighted by atomic mass is 35.5. The molecule has 0 fully saturated rings. The summed E-state index contributed by atoms with van der Waals surface area (Å²) in [5.41, 5.74) is 1.50. The molecule has 1 amide bonds. The Morgan fingerprint density at radius 3 is 2.86 bits per heavy atom. The lowest BCUT2D eigenvalue weighted by Crippen LogP contribution is -2.34. The molecule has 1 aromatic rings. The van der Waals surface area contributed by atoms with Gasteiger partial charge < -0.3 is 20.1 Å². The first kappa shape index (κ1) is 18.3. The van der Waals surface area contributed by atoms with Gasteiger partial charge in [-0.15, -0.1) is 12.4 Å². The molecule has 1 heterocycles. The second kappa shape index (κ2) is 9.33. The zero-order chi connectivity index (χ0) is 15.1. The van der Waals surface area contributed by atoms with Gasteiger partial charge in [-0.3, -0.25) is 4.79 Å². The number of hydrogen-bond acceptors (Lipinski definition) is 4. The van der Waals surface area contributed by atoms with E-state index in [9.17, 15) is 4.79 Å². The standard InChI is InChI=1S/C16H22N2O3.ClH/c1-3-6-17-7-8-18-16(19)13-9-12-10-14(20-2)4-5-15(12)21-11-13;/h4-5,9-10,17H,3,6-8,11H2,1-2H3,(H,18,19);1H. The Bertz CT molecular complexity index is 532. The number of ether oxygens (including phenoxy) is 2. The van der Waals surface area contributed by atoms with E-state index in [1.165, 1.54) is 0 Å². The summed E-state index contributed by atoms with van der Waals surface area (Å²) >= 11 is 0. The molecule has 0 aromatic heterocycles. The number of benzene rings is 1. The van der Waals surface area contributed by atoms with Crippen molar-refractivity contribution in [3.05, 3.63) is 29.3 Å². The van der Waals surface area contributed by atoms with Gasteiger partial charge in [0.2, 0.25) is 0 Å². The van der Waals surface area contributed by atoms with Crippen molar-refractivity contribution >= 4 is 24.4 Å². The molecular weight excluding hydrogens is 304 g/mol. The third-order valence-electron chi connectivity index (χ3n) is 3.24. The van der Waals surface area contributed by atoms with Crippen molar-refractivity contribution < 1.29 is 14.3 Å². The van der Waals surface area contributed by atoms with E-state index in [0.29, 0.717) is 18.7 Å².